The quantitative estimate of drug-likeness (QED) is 0.0941. The molecule has 2 heterocycles. The highest BCUT2D eigenvalue weighted by atomic mass is 16.5. The molecule has 0 saturated carbocycles. The van der Waals surface area contributed by atoms with Gasteiger partial charge < -0.3 is 29.8 Å². The number of nitrogens with zero attached hydrogens (tertiary/aromatic N) is 4. The molecular weight excluding hydrogens is 588 g/mol. The van der Waals surface area contributed by atoms with Crippen LogP contribution in [0.1, 0.15) is 73.9 Å². The molecule has 1 atom stereocenters. The first-order valence-corrected chi connectivity index (χ1v) is 15.6. The van der Waals surface area contributed by atoms with Crippen LogP contribution in [0.3, 0.4) is 0 Å². The molecule has 0 aliphatic carbocycles. The van der Waals surface area contributed by atoms with Gasteiger partial charge in [-0.05, 0) is 61.4 Å². The van der Waals surface area contributed by atoms with Crippen molar-refractivity contribution in [2.75, 3.05) is 24.7 Å². The number of hydrogen-bond donors (Lipinski definition) is 2. The Balaban J connectivity index is 1.38. The standard InChI is InChI=1S/C34H42N6O6/c1-4-6-7-10-21-45-34(43)38-32(35)24-12-15-26(16-13-24)46-23-30-37-27-22-25(14-17-28(27)39(30)3)33(42)40(20-18-31(41)44-5-2)29-11-8-9-19-36-29/h8-9,11-17,19,22,32H,4-7,10,18,20-21,23,35H2,1-3H3,(H,38,43). The van der Waals surface area contributed by atoms with Gasteiger partial charge in [-0.15, -0.1) is 0 Å². The van der Waals surface area contributed by atoms with Crippen molar-refractivity contribution in [2.24, 2.45) is 12.8 Å². The molecule has 0 radical (unpaired) electrons. The summed E-state index contributed by atoms with van der Waals surface area (Å²) in [5, 5.41) is 2.64. The number of unbranched alkanes of at least 4 members (excludes halogenated alkanes) is 3. The van der Waals surface area contributed by atoms with Crippen LogP contribution in [0.15, 0.2) is 66.9 Å². The molecule has 46 heavy (non-hydrogen) atoms. The molecule has 2 aromatic carbocycles. The number of carbonyl (C=O) groups is 3. The summed E-state index contributed by atoms with van der Waals surface area (Å²) in [7, 11) is 1.88. The molecule has 1 unspecified atom stereocenters. The summed E-state index contributed by atoms with van der Waals surface area (Å²) in [5.41, 5.74) is 8.71. The number of carbonyl (C=O) groups excluding carboxylic acids is 3. The topological polar surface area (TPSA) is 151 Å². The van der Waals surface area contributed by atoms with Gasteiger partial charge in [0, 0.05) is 25.4 Å². The summed E-state index contributed by atoms with van der Waals surface area (Å²) in [6.45, 7) is 4.81. The molecule has 4 aromatic rings. The average Bonchev–Trinajstić information content (AvgIpc) is 3.38. The number of benzene rings is 2. The number of imidazole rings is 1. The Morgan fingerprint density at radius 2 is 1.80 bits per heavy atom. The number of esters is 1. The number of aromatic nitrogens is 3. The van der Waals surface area contributed by atoms with Crippen molar-refractivity contribution in [1.29, 1.82) is 0 Å². The molecule has 0 spiro atoms. The van der Waals surface area contributed by atoms with Crippen molar-refractivity contribution in [1.82, 2.24) is 19.9 Å². The van der Waals surface area contributed by atoms with Gasteiger partial charge in [0.15, 0.2) is 0 Å². The molecule has 2 aromatic heterocycles. The summed E-state index contributed by atoms with van der Waals surface area (Å²) >= 11 is 0. The molecule has 244 valence electrons. The average molecular weight is 631 g/mol. The van der Waals surface area contributed by atoms with Gasteiger partial charge in [0.2, 0.25) is 0 Å². The molecule has 12 heteroatoms. The molecule has 0 fully saturated rings. The molecule has 4 rings (SSSR count). The zero-order valence-electron chi connectivity index (χ0n) is 26.6. The molecule has 0 aliphatic heterocycles. The summed E-state index contributed by atoms with van der Waals surface area (Å²) in [6.07, 6.45) is 4.47. The number of fused-ring (bicyclic) bond motifs is 1. The van der Waals surface area contributed by atoms with Crippen molar-refractivity contribution < 1.29 is 28.6 Å². The van der Waals surface area contributed by atoms with Gasteiger partial charge in [-0.1, -0.05) is 44.4 Å². The number of ether oxygens (including phenoxy) is 3. The molecular formula is C34H42N6O6. The Labute approximate surface area is 268 Å². The van der Waals surface area contributed by atoms with Crippen LogP contribution in [-0.4, -0.2) is 52.3 Å². The fourth-order valence-corrected chi connectivity index (χ4v) is 4.80. The second-order valence-corrected chi connectivity index (χ2v) is 10.7. The fourth-order valence-electron chi connectivity index (χ4n) is 4.80. The maximum absolute atomic E-state index is 13.6. The molecule has 0 saturated heterocycles. The second kappa shape index (κ2) is 16.9. The Bertz CT molecular complexity index is 1590. The van der Waals surface area contributed by atoms with Gasteiger partial charge in [0.05, 0.1) is 30.7 Å². The number of hydrogen-bond acceptors (Lipinski definition) is 9. The zero-order valence-corrected chi connectivity index (χ0v) is 26.6. The predicted octanol–water partition coefficient (Wildman–Crippen LogP) is 5.41. The minimum Gasteiger partial charge on any atom is -0.486 e. The molecule has 0 bridgehead atoms. The number of pyridine rings is 1. The van der Waals surface area contributed by atoms with Crippen molar-refractivity contribution in [2.45, 2.75) is 58.7 Å². The summed E-state index contributed by atoms with van der Waals surface area (Å²) in [6, 6.07) is 17.7. The minimum atomic E-state index is -0.715. The highest BCUT2D eigenvalue weighted by Crippen LogP contribution is 2.22. The lowest BCUT2D eigenvalue weighted by molar-refractivity contribution is -0.142. The van der Waals surface area contributed by atoms with Crippen LogP contribution in [0.4, 0.5) is 10.6 Å². The molecule has 12 nitrogen and oxygen atoms in total. The summed E-state index contributed by atoms with van der Waals surface area (Å²) in [4.78, 5) is 48.2. The first kappa shape index (κ1) is 33.9. The lowest BCUT2D eigenvalue weighted by Crippen LogP contribution is -2.34. The maximum Gasteiger partial charge on any atom is 0.408 e. The number of anilines is 1. The normalized spacial score (nSPS) is 11.6. The third-order valence-corrected chi connectivity index (χ3v) is 7.35. The van der Waals surface area contributed by atoms with E-state index in [2.05, 4.69) is 17.2 Å². The second-order valence-electron chi connectivity index (χ2n) is 10.7. The molecule has 0 aliphatic rings. The molecule has 3 N–H and O–H groups in total. The largest absolute Gasteiger partial charge is 0.486 e. The van der Waals surface area contributed by atoms with Crippen LogP contribution in [0.5, 0.6) is 5.75 Å². The van der Waals surface area contributed by atoms with E-state index in [4.69, 9.17) is 24.9 Å². The van der Waals surface area contributed by atoms with E-state index in [9.17, 15) is 14.4 Å². The smallest absolute Gasteiger partial charge is 0.408 e. The summed E-state index contributed by atoms with van der Waals surface area (Å²) in [5.74, 6) is 1.01. The highest BCUT2D eigenvalue weighted by molar-refractivity contribution is 6.07. The lowest BCUT2D eigenvalue weighted by atomic mass is 10.1. The van der Waals surface area contributed by atoms with E-state index in [1.807, 2.05) is 17.7 Å². The van der Waals surface area contributed by atoms with Crippen molar-refractivity contribution in [3.8, 4) is 5.75 Å². The number of amides is 2. The summed E-state index contributed by atoms with van der Waals surface area (Å²) < 4.78 is 18.1. The van der Waals surface area contributed by atoms with Crippen LogP contribution in [0.25, 0.3) is 11.0 Å². The maximum atomic E-state index is 13.6. The SMILES string of the molecule is CCCCCCOC(=O)NC(N)c1ccc(OCc2nc3cc(C(=O)N(CCC(=O)OCC)c4ccccn4)ccc3n2C)cc1. The van der Waals surface area contributed by atoms with Gasteiger partial charge in [0.25, 0.3) is 5.91 Å². The fraction of sp³-hybridized carbons (Fsp3) is 0.382. The van der Waals surface area contributed by atoms with Gasteiger partial charge >= 0.3 is 12.1 Å². The van der Waals surface area contributed by atoms with Gasteiger partial charge in [0.1, 0.15) is 30.2 Å². The van der Waals surface area contributed by atoms with Crippen LogP contribution < -0.4 is 20.7 Å². The van der Waals surface area contributed by atoms with E-state index in [1.165, 1.54) is 4.90 Å². The number of aryl methyl sites for hydroxylation is 1. The van der Waals surface area contributed by atoms with Crippen LogP contribution in [0, 0.1) is 0 Å². The highest BCUT2D eigenvalue weighted by Gasteiger charge is 2.22. The van der Waals surface area contributed by atoms with Crippen molar-refractivity contribution in [3.05, 3.63) is 83.8 Å². The third kappa shape index (κ3) is 9.27. The number of nitrogens with one attached hydrogen (secondary N) is 1. The predicted molar refractivity (Wildman–Crippen MR) is 174 cm³/mol. The number of rotatable bonds is 16. The van der Waals surface area contributed by atoms with E-state index in [-0.39, 0.29) is 38.1 Å². The van der Waals surface area contributed by atoms with Crippen LogP contribution >= 0.6 is 0 Å². The third-order valence-electron chi connectivity index (χ3n) is 7.35. The van der Waals surface area contributed by atoms with E-state index < -0.39 is 12.3 Å². The van der Waals surface area contributed by atoms with E-state index in [0.29, 0.717) is 40.6 Å². The van der Waals surface area contributed by atoms with Gasteiger partial charge in [-0.3, -0.25) is 14.5 Å². The minimum absolute atomic E-state index is 0.0403. The Morgan fingerprint density at radius 3 is 2.52 bits per heavy atom. The van der Waals surface area contributed by atoms with E-state index in [1.54, 1.807) is 67.7 Å². The van der Waals surface area contributed by atoms with Gasteiger partial charge in [-0.2, -0.15) is 0 Å². The number of nitrogens with two attached hydrogens (primary N) is 1. The van der Waals surface area contributed by atoms with Crippen molar-refractivity contribution >= 4 is 34.8 Å². The first-order chi connectivity index (χ1) is 22.3. The van der Waals surface area contributed by atoms with Crippen LogP contribution in [0.2, 0.25) is 0 Å². The van der Waals surface area contributed by atoms with Crippen molar-refractivity contribution in [3.63, 3.8) is 0 Å². The van der Waals surface area contributed by atoms with Gasteiger partial charge in [-0.25, -0.2) is 14.8 Å². The Morgan fingerprint density at radius 1 is 1.00 bits per heavy atom. The van der Waals surface area contributed by atoms with E-state index in [0.717, 1.165) is 31.2 Å². The Hall–Kier alpha value is -4.97. The zero-order chi connectivity index (χ0) is 32.9. The molecule has 2 amide bonds. The lowest BCUT2D eigenvalue weighted by Gasteiger charge is -2.21. The van der Waals surface area contributed by atoms with E-state index >= 15 is 0 Å². The Kier molecular flexibility index (Phi) is 12.5. The monoisotopic (exact) mass is 630 g/mol. The first-order valence-electron chi connectivity index (χ1n) is 15.6. The van der Waals surface area contributed by atoms with Crippen LogP contribution in [-0.2, 0) is 27.9 Å². The number of alkyl carbamates (subject to hydrolysis) is 1.